The van der Waals surface area contributed by atoms with E-state index in [9.17, 15) is 4.79 Å². The SMILES string of the molecule is COc1ccc(Cl)cc1N/C(N)=N/c1nc(CSc2nnnn2-c2ccccc2)cc(=O)[nH]1. The molecule has 0 saturated heterocycles. The molecule has 11 nitrogen and oxygen atoms in total. The van der Waals surface area contributed by atoms with Crippen LogP contribution in [0.3, 0.4) is 0 Å². The number of nitrogens with two attached hydrogens (primary N) is 1. The number of aromatic amines is 1. The van der Waals surface area contributed by atoms with Gasteiger partial charge < -0.3 is 15.8 Å². The molecule has 4 N–H and O–H groups in total. The van der Waals surface area contributed by atoms with E-state index in [4.69, 9.17) is 22.1 Å². The van der Waals surface area contributed by atoms with Crippen molar-refractivity contribution in [3.05, 3.63) is 75.7 Å². The molecule has 0 bridgehead atoms. The fourth-order valence-electron chi connectivity index (χ4n) is 2.82. The van der Waals surface area contributed by atoms with Gasteiger partial charge in [0.25, 0.3) is 5.56 Å². The molecule has 0 aliphatic carbocycles. The summed E-state index contributed by atoms with van der Waals surface area (Å²) in [5.74, 6) is 0.915. The molecule has 33 heavy (non-hydrogen) atoms. The second kappa shape index (κ2) is 10.1. The number of aromatic nitrogens is 6. The Kier molecular flexibility index (Phi) is 6.86. The molecule has 168 valence electrons. The van der Waals surface area contributed by atoms with E-state index in [2.05, 4.69) is 35.8 Å². The van der Waals surface area contributed by atoms with E-state index in [0.717, 1.165) is 5.69 Å². The van der Waals surface area contributed by atoms with E-state index >= 15 is 0 Å². The van der Waals surface area contributed by atoms with Gasteiger partial charge in [-0.3, -0.25) is 9.78 Å². The first-order chi connectivity index (χ1) is 16.0. The smallest absolute Gasteiger partial charge is 0.252 e. The summed E-state index contributed by atoms with van der Waals surface area (Å²) in [5, 5.41) is 15.7. The Morgan fingerprint density at radius 2 is 2.09 bits per heavy atom. The van der Waals surface area contributed by atoms with Crippen molar-refractivity contribution in [2.45, 2.75) is 10.9 Å². The molecule has 2 heterocycles. The van der Waals surface area contributed by atoms with Crippen LogP contribution >= 0.6 is 23.4 Å². The van der Waals surface area contributed by atoms with Crippen molar-refractivity contribution in [2.75, 3.05) is 12.4 Å². The zero-order valence-electron chi connectivity index (χ0n) is 17.3. The molecular formula is C20H18ClN9O2S. The molecule has 4 rings (SSSR count). The Morgan fingerprint density at radius 1 is 1.27 bits per heavy atom. The lowest BCUT2D eigenvalue weighted by Gasteiger charge is -2.10. The van der Waals surface area contributed by atoms with Crippen molar-refractivity contribution in [2.24, 2.45) is 10.7 Å². The predicted octanol–water partition coefficient (Wildman–Crippen LogP) is 2.76. The molecular weight excluding hydrogens is 466 g/mol. The van der Waals surface area contributed by atoms with Crippen LogP contribution in [-0.2, 0) is 5.75 Å². The molecule has 0 saturated carbocycles. The molecule has 0 unspecified atom stereocenters. The molecule has 0 spiro atoms. The maximum atomic E-state index is 12.1. The quantitative estimate of drug-likeness (QED) is 0.205. The number of hydrogen-bond acceptors (Lipinski definition) is 8. The molecule has 0 aliphatic rings. The number of rotatable bonds is 7. The van der Waals surface area contributed by atoms with Crippen molar-refractivity contribution >= 4 is 41.0 Å². The average molecular weight is 484 g/mol. The lowest BCUT2D eigenvalue weighted by Crippen LogP contribution is -2.23. The Labute approximate surface area is 197 Å². The van der Waals surface area contributed by atoms with Crippen molar-refractivity contribution in [1.29, 1.82) is 0 Å². The fraction of sp³-hybridized carbons (Fsp3) is 0.100. The second-order valence-corrected chi connectivity index (χ2v) is 7.90. The predicted molar refractivity (Wildman–Crippen MR) is 126 cm³/mol. The first-order valence-electron chi connectivity index (χ1n) is 9.53. The highest BCUT2D eigenvalue weighted by atomic mass is 35.5. The third-order valence-corrected chi connectivity index (χ3v) is 5.41. The van der Waals surface area contributed by atoms with E-state index in [1.807, 2.05) is 30.3 Å². The number of guanidine groups is 1. The third-order valence-electron chi connectivity index (χ3n) is 4.22. The number of hydrogen-bond donors (Lipinski definition) is 3. The maximum Gasteiger partial charge on any atom is 0.252 e. The maximum absolute atomic E-state index is 12.1. The minimum atomic E-state index is -0.366. The van der Waals surface area contributed by atoms with Crippen LogP contribution in [0.1, 0.15) is 5.69 Å². The molecule has 4 aromatic rings. The van der Waals surface area contributed by atoms with Gasteiger partial charge in [0, 0.05) is 16.8 Å². The molecule has 0 amide bonds. The van der Waals surface area contributed by atoms with Crippen LogP contribution in [-0.4, -0.2) is 43.2 Å². The van der Waals surface area contributed by atoms with E-state index < -0.39 is 0 Å². The van der Waals surface area contributed by atoms with E-state index in [1.54, 1.807) is 22.9 Å². The summed E-state index contributed by atoms with van der Waals surface area (Å²) in [5.41, 5.74) is 7.45. The van der Waals surface area contributed by atoms with Crippen LogP contribution in [0.5, 0.6) is 5.75 Å². The van der Waals surface area contributed by atoms with E-state index in [-0.39, 0.29) is 17.5 Å². The number of thioether (sulfide) groups is 1. The first-order valence-corrected chi connectivity index (χ1v) is 10.9. The highest BCUT2D eigenvalue weighted by Crippen LogP contribution is 2.27. The normalized spacial score (nSPS) is 11.4. The summed E-state index contributed by atoms with van der Waals surface area (Å²) in [6.45, 7) is 0. The zero-order chi connectivity index (χ0) is 23.2. The second-order valence-electron chi connectivity index (χ2n) is 6.52. The Hall–Kier alpha value is -3.90. The monoisotopic (exact) mass is 483 g/mol. The Bertz CT molecular complexity index is 1340. The van der Waals surface area contributed by atoms with Crippen LogP contribution in [0, 0.1) is 0 Å². The van der Waals surface area contributed by atoms with Gasteiger partial charge in [0.15, 0.2) is 0 Å². The zero-order valence-corrected chi connectivity index (χ0v) is 18.8. The number of benzene rings is 2. The van der Waals surface area contributed by atoms with Crippen LogP contribution in [0.2, 0.25) is 5.02 Å². The Balaban J connectivity index is 1.50. The fourth-order valence-corrected chi connectivity index (χ4v) is 3.77. The van der Waals surface area contributed by atoms with Gasteiger partial charge in [0.1, 0.15) is 5.75 Å². The highest BCUT2D eigenvalue weighted by molar-refractivity contribution is 7.98. The van der Waals surface area contributed by atoms with Crippen LogP contribution in [0.25, 0.3) is 5.69 Å². The van der Waals surface area contributed by atoms with Crippen molar-refractivity contribution in [1.82, 2.24) is 30.2 Å². The summed E-state index contributed by atoms with van der Waals surface area (Å²) >= 11 is 7.36. The van der Waals surface area contributed by atoms with Crippen LogP contribution < -0.4 is 21.3 Å². The number of ether oxygens (including phenoxy) is 1. The molecule has 0 atom stereocenters. The molecule has 0 aliphatic heterocycles. The molecule has 13 heteroatoms. The minimum Gasteiger partial charge on any atom is -0.495 e. The number of halogens is 1. The van der Waals surface area contributed by atoms with E-state index in [0.29, 0.717) is 33.1 Å². The number of nitrogens with zero attached hydrogens (tertiary/aromatic N) is 6. The van der Waals surface area contributed by atoms with Crippen molar-refractivity contribution in [3.8, 4) is 11.4 Å². The number of tetrazole rings is 1. The molecule has 2 aromatic carbocycles. The standard InChI is InChI=1S/C20H18ClN9O2S/c1-32-16-8-7-12(21)9-15(16)24-18(22)26-19-23-13(10-17(31)25-19)11-33-20-27-28-29-30(20)14-5-3-2-4-6-14/h2-10H,11H2,1H3,(H4,22,23,24,25,26,31). The molecule has 0 radical (unpaired) electrons. The van der Waals surface area contributed by atoms with Gasteiger partial charge in [-0.05, 0) is 40.8 Å². The third kappa shape index (κ3) is 5.67. The van der Waals surface area contributed by atoms with Crippen LogP contribution in [0.4, 0.5) is 11.6 Å². The highest BCUT2D eigenvalue weighted by Gasteiger charge is 2.11. The van der Waals surface area contributed by atoms with Gasteiger partial charge in [-0.1, -0.05) is 41.6 Å². The average Bonchev–Trinajstić information content (AvgIpc) is 3.27. The van der Waals surface area contributed by atoms with Gasteiger partial charge in [-0.15, -0.1) is 5.10 Å². The number of H-pyrrole nitrogens is 1. The van der Waals surface area contributed by atoms with E-state index in [1.165, 1.54) is 24.9 Å². The summed E-state index contributed by atoms with van der Waals surface area (Å²) in [6, 6.07) is 15.9. The summed E-state index contributed by atoms with van der Waals surface area (Å²) in [6.07, 6.45) is 0. The van der Waals surface area contributed by atoms with Crippen LogP contribution in [0.15, 0.2) is 69.5 Å². The number of para-hydroxylation sites is 1. The van der Waals surface area contributed by atoms with Crippen molar-refractivity contribution in [3.63, 3.8) is 0 Å². The largest absolute Gasteiger partial charge is 0.495 e. The number of nitrogens with one attached hydrogen (secondary N) is 2. The molecule has 0 fully saturated rings. The molecule has 2 aromatic heterocycles. The van der Waals surface area contributed by atoms with Gasteiger partial charge in [-0.2, -0.15) is 9.67 Å². The topological polar surface area (TPSA) is 149 Å². The first kappa shape index (κ1) is 22.3. The summed E-state index contributed by atoms with van der Waals surface area (Å²) < 4.78 is 6.88. The number of aliphatic imine (C=N–C) groups is 1. The summed E-state index contributed by atoms with van der Waals surface area (Å²) in [7, 11) is 1.52. The van der Waals surface area contributed by atoms with Crippen molar-refractivity contribution < 1.29 is 4.74 Å². The summed E-state index contributed by atoms with van der Waals surface area (Å²) in [4.78, 5) is 23.2. The van der Waals surface area contributed by atoms with Gasteiger partial charge in [-0.25, -0.2) is 4.98 Å². The number of methoxy groups -OCH3 is 1. The van der Waals surface area contributed by atoms with Gasteiger partial charge in [0.2, 0.25) is 17.1 Å². The Morgan fingerprint density at radius 3 is 2.88 bits per heavy atom. The lowest BCUT2D eigenvalue weighted by atomic mass is 10.3. The number of anilines is 1. The minimum absolute atomic E-state index is 0.00320. The van der Waals surface area contributed by atoms with Gasteiger partial charge >= 0.3 is 0 Å². The lowest BCUT2D eigenvalue weighted by molar-refractivity contribution is 0.417. The van der Waals surface area contributed by atoms with Gasteiger partial charge in [0.05, 0.1) is 24.2 Å².